The zero-order valence-electron chi connectivity index (χ0n) is 14.7. The highest BCUT2D eigenvalue weighted by atomic mass is 28.4. The van der Waals surface area contributed by atoms with Crippen molar-refractivity contribution in [2.24, 2.45) is 0 Å². The summed E-state index contributed by atoms with van der Waals surface area (Å²) in [5.41, 5.74) is 0. The summed E-state index contributed by atoms with van der Waals surface area (Å²) < 4.78 is 15.0. The monoisotopic (exact) mass is 345 g/mol. The van der Waals surface area contributed by atoms with Gasteiger partial charge in [0.05, 0.1) is 13.2 Å². The zero-order valence-corrected chi connectivity index (χ0v) is 15.7. The number of piperidine rings is 1. The van der Waals surface area contributed by atoms with Gasteiger partial charge in [0.1, 0.15) is 6.04 Å². The number of hydrogen-bond donors (Lipinski definition) is 1. The second-order valence-corrected chi connectivity index (χ2v) is 12.0. The highest BCUT2D eigenvalue weighted by Gasteiger charge is 2.40. The number of carbonyl (C=O) groups is 3. The van der Waals surface area contributed by atoms with Crippen LogP contribution in [0.15, 0.2) is 0 Å². The predicted molar refractivity (Wildman–Crippen MR) is 86.2 cm³/mol. The van der Waals surface area contributed by atoms with E-state index in [1.807, 2.05) is 0 Å². The molecule has 132 valence electrons. The smallest absolute Gasteiger partial charge is 0.425 e. The quantitative estimate of drug-likeness (QED) is 0.357. The highest BCUT2D eigenvalue weighted by Crippen LogP contribution is 2.38. The third-order valence-electron chi connectivity index (χ3n) is 4.47. The van der Waals surface area contributed by atoms with Crippen LogP contribution < -0.4 is 5.32 Å². The first kappa shape index (κ1) is 19.8. The fraction of sp³-hybridized carbons (Fsp3) is 0.800. The van der Waals surface area contributed by atoms with Gasteiger partial charge in [-0.15, -0.1) is 0 Å². The number of methoxy groups -OCH3 is 1. The Balaban J connectivity index is 2.48. The van der Waals surface area contributed by atoms with Crippen LogP contribution in [0.4, 0.5) is 0 Å². The molecule has 23 heavy (non-hydrogen) atoms. The molecular weight excluding hydrogens is 318 g/mol. The minimum Gasteiger partial charge on any atom is -0.461 e. The topological polar surface area (TPSA) is 90.9 Å². The molecule has 2 atom stereocenters. The molecule has 0 aromatic carbocycles. The lowest BCUT2D eigenvalue weighted by Crippen LogP contribution is -2.52. The number of esters is 3. The maximum absolute atomic E-state index is 11.8. The molecule has 0 saturated carbocycles. The lowest BCUT2D eigenvalue weighted by atomic mass is 10.0. The van der Waals surface area contributed by atoms with Crippen molar-refractivity contribution in [1.29, 1.82) is 0 Å². The molecule has 0 aliphatic carbocycles. The Kier molecular flexibility index (Phi) is 6.49. The summed E-state index contributed by atoms with van der Waals surface area (Å²) in [4.78, 5) is 34.0. The molecule has 1 aliphatic heterocycles. The molecule has 1 N–H and O–H groups in total. The van der Waals surface area contributed by atoms with Crippen LogP contribution in [0.3, 0.4) is 0 Å². The first-order valence-electron chi connectivity index (χ1n) is 7.73. The van der Waals surface area contributed by atoms with Crippen LogP contribution in [0.25, 0.3) is 0 Å². The van der Waals surface area contributed by atoms with Crippen molar-refractivity contribution in [1.82, 2.24) is 5.32 Å². The van der Waals surface area contributed by atoms with Crippen LogP contribution in [0.2, 0.25) is 18.1 Å². The number of ether oxygens (including phenoxy) is 2. The second-order valence-electron chi connectivity index (χ2n) is 7.24. The molecule has 0 unspecified atom stereocenters. The Hall–Kier alpha value is -1.25. The Morgan fingerprint density at radius 2 is 1.70 bits per heavy atom. The first-order chi connectivity index (χ1) is 10.5. The van der Waals surface area contributed by atoms with Crippen LogP contribution in [0.5, 0.6) is 0 Å². The van der Waals surface area contributed by atoms with E-state index in [0.29, 0.717) is 19.4 Å². The molecule has 1 saturated heterocycles. The van der Waals surface area contributed by atoms with Crippen LogP contribution >= 0.6 is 0 Å². The van der Waals surface area contributed by atoms with Gasteiger partial charge in [0.2, 0.25) is 0 Å². The summed E-state index contributed by atoms with van der Waals surface area (Å²) in [7, 11) is -0.808. The van der Waals surface area contributed by atoms with E-state index in [4.69, 9.17) is 4.43 Å². The van der Waals surface area contributed by atoms with Gasteiger partial charge < -0.3 is 19.2 Å². The predicted octanol–water partition coefficient (Wildman–Crippen LogP) is 1.37. The second kappa shape index (κ2) is 7.54. The SMILES string of the molecule is COC(=O)C(=O)OC(=O)[C@@H]1CC[C@@H](O[Si](C)(C)C(C)(C)C)CN1. The fourth-order valence-corrected chi connectivity index (χ4v) is 3.40. The van der Waals surface area contributed by atoms with E-state index in [2.05, 4.69) is 48.7 Å². The van der Waals surface area contributed by atoms with Crippen LogP contribution in [0, 0.1) is 0 Å². The van der Waals surface area contributed by atoms with E-state index in [0.717, 1.165) is 7.11 Å². The average molecular weight is 345 g/mol. The molecule has 1 heterocycles. The van der Waals surface area contributed by atoms with Crippen molar-refractivity contribution in [3.63, 3.8) is 0 Å². The van der Waals surface area contributed by atoms with Gasteiger partial charge in [0, 0.05) is 6.54 Å². The first-order valence-corrected chi connectivity index (χ1v) is 10.6. The van der Waals surface area contributed by atoms with Crippen LogP contribution in [-0.2, 0) is 28.3 Å². The summed E-state index contributed by atoms with van der Waals surface area (Å²) in [6.45, 7) is 11.4. The van der Waals surface area contributed by atoms with Crippen molar-refractivity contribution in [3.8, 4) is 0 Å². The van der Waals surface area contributed by atoms with E-state index in [-0.39, 0.29) is 11.1 Å². The van der Waals surface area contributed by atoms with E-state index < -0.39 is 32.3 Å². The number of carbonyl (C=O) groups excluding carboxylic acids is 3. The molecule has 7 nitrogen and oxygen atoms in total. The number of hydrogen-bond acceptors (Lipinski definition) is 7. The minimum absolute atomic E-state index is 0.0382. The summed E-state index contributed by atoms with van der Waals surface area (Å²) in [5.74, 6) is -3.24. The molecule has 1 fully saturated rings. The third kappa shape index (κ3) is 5.40. The minimum atomic E-state index is -1.86. The number of nitrogens with one attached hydrogen (secondary N) is 1. The fourth-order valence-electron chi connectivity index (χ4n) is 2.01. The van der Waals surface area contributed by atoms with Gasteiger partial charge in [-0.3, -0.25) is 0 Å². The molecule has 0 spiro atoms. The lowest BCUT2D eigenvalue weighted by molar-refractivity contribution is -0.173. The molecule has 0 aromatic heterocycles. The van der Waals surface area contributed by atoms with Crippen molar-refractivity contribution in [3.05, 3.63) is 0 Å². The van der Waals surface area contributed by atoms with E-state index >= 15 is 0 Å². The van der Waals surface area contributed by atoms with Gasteiger partial charge in [0.25, 0.3) is 0 Å². The Morgan fingerprint density at radius 1 is 1.09 bits per heavy atom. The Bertz CT molecular complexity index is 463. The molecule has 0 amide bonds. The van der Waals surface area contributed by atoms with Crippen LogP contribution in [-0.4, -0.2) is 52.0 Å². The molecule has 1 rings (SSSR count). The zero-order chi connectivity index (χ0) is 17.8. The van der Waals surface area contributed by atoms with E-state index in [1.165, 1.54) is 0 Å². The molecule has 0 aromatic rings. The van der Waals surface area contributed by atoms with Crippen molar-refractivity contribution >= 4 is 26.2 Å². The van der Waals surface area contributed by atoms with E-state index in [1.54, 1.807) is 0 Å². The molecule has 8 heteroatoms. The molecule has 0 radical (unpaired) electrons. The maximum atomic E-state index is 11.8. The third-order valence-corrected chi connectivity index (χ3v) is 9.00. The van der Waals surface area contributed by atoms with Gasteiger partial charge in [-0.05, 0) is 31.0 Å². The molecule has 0 bridgehead atoms. The van der Waals surface area contributed by atoms with Gasteiger partial charge in [-0.25, -0.2) is 14.4 Å². The van der Waals surface area contributed by atoms with Gasteiger partial charge >= 0.3 is 17.9 Å². The summed E-state index contributed by atoms with van der Waals surface area (Å²) in [6, 6.07) is -0.608. The summed E-state index contributed by atoms with van der Waals surface area (Å²) >= 11 is 0. The Labute approximate surface area is 138 Å². The largest absolute Gasteiger partial charge is 0.461 e. The van der Waals surface area contributed by atoms with Gasteiger partial charge in [-0.2, -0.15) is 0 Å². The number of rotatable bonds is 3. The summed E-state index contributed by atoms with van der Waals surface area (Å²) in [5, 5.41) is 3.14. The van der Waals surface area contributed by atoms with Crippen molar-refractivity contribution in [2.75, 3.05) is 13.7 Å². The molecular formula is C15H27NO6Si. The Morgan fingerprint density at radius 3 is 2.13 bits per heavy atom. The normalized spacial score (nSPS) is 22.3. The molecule has 1 aliphatic rings. The maximum Gasteiger partial charge on any atom is 0.425 e. The average Bonchev–Trinajstić information content (AvgIpc) is 2.45. The van der Waals surface area contributed by atoms with Gasteiger partial charge in [0.15, 0.2) is 8.32 Å². The lowest BCUT2D eigenvalue weighted by Gasteiger charge is -2.41. The summed E-state index contributed by atoms with van der Waals surface area (Å²) in [6.07, 6.45) is 1.23. The van der Waals surface area contributed by atoms with Crippen molar-refractivity contribution < 1.29 is 28.3 Å². The highest BCUT2D eigenvalue weighted by molar-refractivity contribution is 6.74. The van der Waals surface area contributed by atoms with Gasteiger partial charge in [-0.1, -0.05) is 20.8 Å². The standard InChI is InChI=1S/C15H27NO6Si/c1-15(2,3)23(5,6)22-10-7-8-11(16-9-10)12(17)21-14(19)13(18)20-4/h10-11,16H,7-9H2,1-6H3/t10-,11+/m1/s1. The van der Waals surface area contributed by atoms with Crippen LogP contribution in [0.1, 0.15) is 33.6 Å². The van der Waals surface area contributed by atoms with Crippen molar-refractivity contribution in [2.45, 2.75) is 63.9 Å². The van der Waals surface area contributed by atoms with E-state index in [9.17, 15) is 14.4 Å².